The van der Waals surface area contributed by atoms with E-state index in [0.717, 1.165) is 16.5 Å². The summed E-state index contributed by atoms with van der Waals surface area (Å²) in [5.74, 6) is -0.385. The second-order valence-electron chi connectivity index (χ2n) is 6.00. The van der Waals surface area contributed by atoms with Crippen LogP contribution in [0, 0.1) is 0 Å². The Hall–Kier alpha value is -2.92. The second-order valence-corrected chi connectivity index (χ2v) is 6.44. The van der Waals surface area contributed by atoms with Gasteiger partial charge < -0.3 is 9.57 Å². The maximum Gasteiger partial charge on any atom is 0.338 e. The third kappa shape index (κ3) is 5.28. The number of fused-ring (bicyclic) bond motifs is 1. The van der Waals surface area contributed by atoms with E-state index >= 15 is 0 Å². The van der Waals surface area contributed by atoms with E-state index in [2.05, 4.69) is 10.1 Å². The number of nitrogens with zero attached hydrogens (tertiary/aromatic N) is 2. The topological polar surface area (TPSA) is 60.8 Å². The second kappa shape index (κ2) is 9.14. The summed E-state index contributed by atoms with van der Waals surface area (Å²) in [4.78, 5) is 21.7. The summed E-state index contributed by atoms with van der Waals surface area (Å²) in [6.07, 6.45) is 3.73. The average Bonchev–Trinajstić information content (AvgIpc) is 2.68. The van der Waals surface area contributed by atoms with Gasteiger partial charge in [-0.15, -0.1) is 0 Å². The number of para-hydroxylation sites is 1. The van der Waals surface area contributed by atoms with E-state index in [9.17, 15) is 4.79 Å². The third-order valence-corrected chi connectivity index (χ3v) is 4.19. The molecule has 0 aliphatic carbocycles. The number of pyridine rings is 1. The SMILES string of the molecule is CC(CCOC(=O)c1ccc(Cl)cc1)O/N=C/c1cccc2cccnc12. The highest BCUT2D eigenvalue weighted by atomic mass is 35.5. The number of carbonyl (C=O) groups is 1. The Morgan fingerprint density at radius 3 is 2.78 bits per heavy atom. The lowest BCUT2D eigenvalue weighted by molar-refractivity contribution is 0.0292. The minimum atomic E-state index is -0.385. The molecule has 1 heterocycles. The minimum Gasteiger partial charge on any atom is -0.462 e. The fourth-order valence-corrected chi connectivity index (χ4v) is 2.59. The van der Waals surface area contributed by atoms with Crippen molar-refractivity contribution in [3.8, 4) is 0 Å². The first-order chi connectivity index (χ1) is 13.1. The molecule has 0 aliphatic heterocycles. The zero-order chi connectivity index (χ0) is 19.1. The van der Waals surface area contributed by atoms with Crippen LogP contribution < -0.4 is 0 Å². The van der Waals surface area contributed by atoms with E-state index in [1.807, 2.05) is 37.3 Å². The van der Waals surface area contributed by atoms with Crippen molar-refractivity contribution in [3.05, 3.63) is 76.9 Å². The Kier molecular flexibility index (Phi) is 6.39. The van der Waals surface area contributed by atoms with Gasteiger partial charge in [0.2, 0.25) is 0 Å². The molecule has 138 valence electrons. The van der Waals surface area contributed by atoms with Gasteiger partial charge in [-0.1, -0.05) is 41.0 Å². The van der Waals surface area contributed by atoms with Gasteiger partial charge in [0.15, 0.2) is 0 Å². The lowest BCUT2D eigenvalue weighted by Crippen LogP contribution is -2.12. The van der Waals surface area contributed by atoms with Crippen LogP contribution in [0.4, 0.5) is 0 Å². The van der Waals surface area contributed by atoms with Crippen LogP contribution in [0.25, 0.3) is 10.9 Å². The smallest absolute Gasteiger partial charge is 0.338 e. The van der Waals surface area contributed by atoms with Gasteiger partial charge in [-0.25, -0.2) is 4.79 Å². The van der Waals surface area contributed by atoms with Crippen molar-refractivity contribution in [2.45, 2.75) is 19.4 Å². The fraction of sp³-hybridized carbons (Fsp3) is 0.190. The molecule has 0 saturated carbocycles. The Labute approximate surface area is 162 Å². The Bertz CT molecular complexity index is 936. The first kappa shape index (κ1) is 18.9. The summed E-state index contributed by atoms with van der Waals surface area (Å²) in [5.41, 5.74) is 2.22. The predicted octanol–water partition coefficient (Wildman–Crippen LogP) is 4.87. The number of hydrogen-bond donors (Lipinski definition) is 0. The molecule has 1 aromatic heterocycles. The molecule has 0 N–H and O–H groups in total. The van der Waals surface area contributed by atoms with Gasteiger partial charge in [-0.2, -0.15) is 0 Å². The van der Waals surface area contributed by atoms with E-state index in [-0.39, 0.29) is 18.7 Å². The van der Waals surface area contributed by atoms with Gasteiger partial charge in [-0.3, -0.25) is 4.98 Å². The Morgan fingerprint density at radius 1 is 1.19 bits per heavy atom. The normalized spacial score (nSPS) is 12.2. The molecule has 0 saturated heterocycles. The number of benzene rings is 2. The number of ether oxygens (including phenoxy) is 1. The van der Waals surface area contributed by atoms with Crippen molar-refractivity contribution < 1.29 is 14.4 Å². The molecule has 6 heteroatoms. The number of oxime groups is 1. The molecule has 3 rings (SSSR count). The van der Waals surface area contributed by atoms with Crippen molar-refractivity contribution in [2.75, 3.05) is 6.61 Å². The largest absolute Gasteiger partial charge is 0.462 e. The van der Waals surface area contributed by atoms with E-state index in [0.29, 0.717) is 17.0 Å². The highest BCUT2D eigenvalue weighted by molar-refractivity contribution is 6.30. The van der Waals surface area contributed by atoms with E-state index < -0.39 is 0 Å². The molecular formula is C21H19ClN2O3. The summed E-state index contributed by atoms with van der Waals surface area (Å²) in [6.45, 7) is 2.11. The first-order valence-corrected chi connectivity index (χ1v) is 8.97. The molecule has 27 heavy (non-hydrogen) atoms. The van der Waals surface area contributed by atoms with Gasteiger partial charge >= 0.3 is 5.97 Å². The lowest BCUT2D eigenvalue weighted by Gasteiger charge is -2.10. The van der Waals surface area contributed by atoms with Crippen LogP contribution in [-0.2, 0) is 9.57 Å². The number of halogens is 1. The average molecular weight is 383 g/mol. The first-order valence-electron chi connectivity index (χ1n) is 8.59. The summed E-state index contributed by atoms with van der Waals surface area (Å²) in [6, 6.07) is 16.3. The summed E-state index contributed by atoms with van der Waals surface area (Å²) in [5, 5.41) is 5.66. The van der Waals surface area contributed by atoms with Gasteiger partial charge in [0, 0.05) is 28.6 Å². The van der Waals surface area contributed by atoms with Gasteiger partial charge in [0.05, 0.1) is 23.9 Å². The quantitative estimate of drug-likeness (QED) is 0.332. The van der Waals surface area contributed by atoms with Crippen LogP contribution in [0.5, 0.6) is 0 Å². The highest BCUT2D eigenvalue weighted by Gasteiger charge is 2.09. The molecule has 0 aliphatic rings. The lowest BCUT2D eigenvalue weighted by atomic mass is 10.1. The molecule has 0 radical (unpaired) electrons. The van der Waals surface area contributed by atoms with Crippen molar-refractivity contribution in [2.24, 2.45) is 5.16 Å². The fourth-order valence-electron chi connectivity index (χ4n) is 2.46. The highest BCUT2D eigenvalue weighted by Crippen LogP contribution is 2.14. The standard InChI is InChI=1S/C21H19ClN2O3/c1-15(11-13-26-21(25)17-7-9-19(22)10-8-17)27-24-14-18-5-2-4-16-6-3-12-23-20(16)18/h2-10,12,14-15H,11,13H2,1H3/b24-14+. The Morgan fingerprint density at radius 2 is 1.96 bits per heavy atom. The Balaban J connectivity index is 1.46. The maximum atomic E-state index is 11.9. The summed E-state index contributed by atoms with van der Waals surface area (Å²) in [7, 11) is 0. The molecule has 0 fully saturated rings. The molecule has 0 amide bonds. The van der Waals surface area contributed by atoms with Crippen molar-refractivity contribution >= 4 is 34.7 Å². The zero-order valence-corrected chi connectivity index (χ0v) is 15.6. The van der Waals surface area contributed by atoms with E-state index in [1.165, 1.54) is 0 Å². The van der Waals surface area contributed by atoms with Gasteiger partial charge in [0.1, 0.15) is 6.10 Å². The number of esters is 1. The summed E-state index contributed by atoms with van der Waals surface area (Å²) < 4.78 is 5.24. The molecule has 3 aromatic rings. The van der Waals surface area contributed by atoms with E-state index in [4.69, 9.17) is 21.2 Å². The van der Waals surface area contributed by atoms with Gasteiger partial charge in [0.25, 0.3) is 0 Å². The van der Waals surface area contributed by atoms with Crippen LogP contribution in [0.3, 0.4) is 0 Å². The number of carbonyl (C=O) groups excluding carboxylic acids is 1. The van der Waals surface area contributed by atoms with Crippen molar-refractivity contribution in [1.82, 2.24) is 4.98 Å². The van der Waals surface area contributed by atoms with Crippen LogP contribution in [0.1, 0.15) is 29.3 Å². The monoisotopic (exact) mass is 382 g/mol. The zero-order valence-electron chi connectivity index (χ0n) is 14.8. The van der Waals surface area contributed by atoms with E-state index in [1.54, 1.807) is 36.7 Å². The number of hydrogen-bond acceptors (Lipinski definition) is 5. The van der Waals surface area contributed by atoms with Crippen LogP contribution >= 0.6 is 11.6 Å². The van der Waals surface area contributed by atoms with Gasteiger partial charge in [-0.05, 0) is 37.3 Å². The molecular weight excluding hydrogens is 364 g/mol. The van der Waals surface area contributed by atoms with Crippen LogP contribution in [0.2, 0.25) is 5.02 Å². The predicted molar refractivity (Wildman–Crippen MR) is 106 cm³/mol. The molecule has 0 bridgehead atoms. The number of aromatic nitrogens is 1. The minimum absolute atomic E-state index is 0.192. The maximum absolute atomic E-state index is 11.9. The third-order valence-electron chi connectivity index (χ3n) is 3.93. The van der Waals surface area contributed by atoms with Crippen molar-refractivity contribution in [1.29, 1.82) is 0 Å². The van der Waals surface area contributed by atoms with Crippen molar-refractivity contribution in [3.63, 3.8) is 0 Å². The summed E-state index contributed by atoms with van der Waals surface area (Å²) >= 11 is 5.80. The molecule has 0 spiro atoms. The molecule has 5 nitrogen and oxygen atoms in total. The molecule has 1 atom stereocenters. The molecule has 2 aromatic carbocycles. The van der Waals surface area contributed by atoms with Crippen LogP contribution in [-0.4, -0.2) is 29.9 Å². The molecule has 1 unspecified atom stereocenters. The number of rotatable bonds is 7. The van der Waals surface area contributed by atoms with Crippen LogP contribution in [0.15, 0.2) is 65.9 Å².